The summed E-state index contributed by atoms with van der Waals surface area (Å²) >= 11 is 5.77. The van der Waals surface area contributed by atoms with Gasteiger partial charge in [-0.05, 0) is 42.6 Å². The first-order valence-electron chi connectivity index (χ1n) is 5.91. The number of benzene rings is 1. The first kappa shape index (κ1) is 13.3. The lowest BCUT2D eigenvalue weighted by Gasteiger charge is -2.08. The van der Waals surface area contributed by atoms with E-state index in [0.717, 1.165) is 23.2 Å². The molecule has 0 atom stereocenters. The third kappa shape index (κ3) is 3.67. The van der Waals surface area contributed by atoms with Crippen molar-refractivity contribution >= 4 is 23.1 Å². The Morgan fingerprint density at radius 1 is 1.32 bits per heavy atom. The highest BCUT2D eigenvalue weighted by atomic mass is 35.5. The maximum atomic E-state index is 8.54. The molecule has 0 aliphatic rings. The van der Waals surface area contributed by atoms with E-state index in [1.54, 1.807) is 6.20 Å². The number of hydrogen-bond acceptors (Lipinski definition) is 4. The lowest BCUT2D eigenvalue weighted by atomic mass is 10.1. The predicted octanol–water partition coefficient (Wildman–Crippen LogP) is 3.64. The molecule has 1 aromatic heterocycles. The van der Waals surface area contributed by atoms with Crippen molar-refractivity contribution in [2.24, 2.45) is 0 Å². The van der Waals surface area contributed by atoms with Crippen molar-refractivity contribution in [1.82, 2.24) is 9.97 Å². The van der Waals surface area contributed by atoms with Crippen LogP contribution in [0.4, 0.5) is 11.5 Å². The third-order valence-electron chi connectivity index (χ3n) is 2.68. The zero-order chi connectivity index (χ0) is 13.7. The van der Waals surface area contributed by atoms with Gasteiger partial charge in [0, 0.05) is 23.9 Å². The Morgan fingerprint density at radius 3 is 2.74 bits per heavy atom. The van der Waals surface area contributed by atoms with E-state index in [0.29, 0.717) is 12.2 Å². The standard InChI is InChI=1S/C14H13ClN4/c1-10-9-17-14(15)19-13(10)18-12-6-4-11(5-7-12)3-2-8-16/h4-7,9H,2-3H2,1H3,(H,17,18,19). The van der Waals surface area contributed by atoms with Gasteiger partial charge >= 0.3 is 0 Å². The number of nitrogens with one attached hydrogen (secondary N) is 1. The molecule has 0 unspecified atom stereocenters. The highest BCUT2D eigenvalue weighted by molar-refractivity contribution is 6.28. The Balaban J connectivity index is 2.11. The van der Waals surface area contributed by atoms with Gasteiger partial charge in [-0.25, -0.2) is 9.97 Å². The van der Waals surface area contributed by atoms with E-state index in [4.69, 9.17) is 16.9 Å². The molecule has 19 heavy (non-hydrogen) atoms. The van der Waals surface area contributed by atoms with Crippen molar-refractivity contribution < 1.29 is 0 Å². The fourth-order valence-corrected chi connectivity index (χ4v) is 1.77. The van der Waals surface area contributed by atoms with Gasteiger partial charge in [-0.2, -0.15) is 5.26 Å². The molecule has 1 aromatic carbocycles. The SMILES string of the molecule is Cc1cnc(Cl)nc1Nc1ccc(CCC#N)cc1. The van der Waals surface area contributed by atoms with Crippen molar-refractivity contribution in [2.45, 2.75) is 19.8 Å². The van der Waals surface area contributed by atoms with Gasteiger partial charge in [0.15, 0.2) is 0 Å². The molecular weight excluding hydrogens is 260 g/mol. The molecule has 96 valence electrons. The van der Waals surface area contributed by atoms with E-state index in [-0.39, 0.29) is 5.28 Å². The van der Waals surface area contributed by atoms with Crippen LogP contribution in [0.2, 0.25) is 5.28 Å². The van der Waals surface area contributed by atoms with Crippen LogP contribution in [0.5, 0.6) is 0 Å². The zero-order valence-electron chi connectivity index (χ0n) is 10.5. The first-order chi connectivity index (χ1) is 9.19. The number of hydrogen-bond donors (Lipinski definition) is 1. The smallest absolute Gasteiger partial charge is 0.224 e. The molecule has 1 N–H and O–H groups in total. The quantitative estimate of drug-likeness (QED) is 0.863. The molecule has 0 saturated heterocycles. The number of nitriles is 1. The van der Waals surface area contributed by atoms with Crippen LogP contribution in [0.25, 0.3) is 0 Å². The molecule has 0 aliphatic carbocycles. The van der Waals surface area contributed by atoms with Crippen LogP contribution in [-0.2, 0) is 6.42 Å². The van der Waals surface area contributed by atoms with Crippen LogP contribution in [0.3, 0.4) is 0 Å². The van der Waals surface area contributed by atoms with E-state index in [1.807, 2.05) is 31.2 Å². The largest absolute Gasteiger partial charge is 0.340 e. The monoisotopic (exact) mass is 272 g/mol. The fraction of sp³-hybridized carbons (Fsp3) is 0.214. The summed E-state index contributed by atoms with van der Waals surface area (Å²) in [5.41, 5.74) is 3.00. The summed E-state index contributed by atoms with van der Waals surface area (Å²) in [6.07, 6.45) is 2.99. The van der Waals surface area contributed by atoms with Gasteiger partial charge in [-0.1, -0.05) is 12.1 Å². The average molecular weight is 273 g/mol. The second-order valence-electron chi connectivity index (χ2n) is 4.15. The highest BCUT2D eigenvalue weighted by Gasteiger charge is 2.03. The molecule has 0 fully saturated rings. The van der Waals surface area contributed by atoms with Gasteiger partial charge in [0.25, 0.3) is 0 Å². The molecule has 0 radical (unpaired) electrons. The first-order valence-corrected chi connectivity index (χ1v) is 6.29. The minimum atomic E-state index is 0.221. The van der Waals surface area contributed by atoms with Gasteiger partial charge in [-0.3, -0.25) is 0 Å². The number of nitrogens with zero attached hydrogens (tertiary/aromatic N) is 3. The summed E-state index contributed by atoms with van der Waals surface area (Å²) in [6, 6.07) is 10.1. The van der Waals surface area contributed by atoms with E-state index in [2.05, 4.69) is 21.4 Å². The minimum Gasteiger partial charge on any atom is -0.340 e. The molecule has 1 heterocycles. The molecule has 5 heteroatoms. The van der Waals surface area contributed by atoms with Gasteiger partial charge in [0.05, 0.1) is 6.07 Å². The number of aryl methyl sites for hydroxylation is 2. The summed E-state index contributed by atoms with van der Waals surface area (Å²) < 4.78 is 0. The summed E-state index contributed by atoms with van der Waals surface area (Å²) in [5, 5.41) is 12.0. The van der Waals surface area contributed by atoms with Crippen molar-refractivity contribution in [1.29, 1.82) is 5.26 Å². The van der Waals surface area contributed by atoms with Crippen LogP contribution in [0.15, 0.2) is 30.5 Å². The van der Waals surface area contributed by atoms with Crippen molar-refractivity contribution in [2.75, 3.05) is 5.32 Å². The Labute approximate surface area is 117 Å². The third-order valence-corrected chi connectivity index (χ3v) is 2.87. The van der Waals surface area contributed by atoms with E-state index in [1.165, 1.54) is 0 Å². The van der Waals surface area contributed by atoms with Crippen LogP contribution in [0, 0.1) is 18.3 Å². The molecule has 0 saturated carbocycles. The maximum absolute atomic E-state index is 8.54. The lowest BCUT2D eigenvalue weighted by Crippen LogP contribution is -1.98. The predicted molar refractivity (Wildman–Crippen MR) is 75.4 cm³/mol. The van der Waals surface area contributed by atoms with Crippen LogP contribution < -0.4 is 5.32 Å². The van der Waals surface area contributed by atoms with Crippen LogP contribution in [0.1, 0.15) is 17.5 Å². The molecule has 0 aliphatic heterocycles. The number of rotatable bonds is 4. The average Bonchev–Trinajstić information content (AvgIpc) is 2.42. The normalized spacial score (nSPS) is 9.95. The van der Waals surface area contributed by atoms with Gasteiger partial charge in [-0.15, -0.1) is 0 Å². The van der Waals surface area contributed by atoms with Crippen LogP contribution in [-0.4, -0.2) is 9.97 Å². The Kier molecular flexibility index (Phi) is 4.32. The molecule has 2 aromatic rings. The number of anilines is 2. The van der Waals surface area contributed by atoms with E-state index in [9.17, 15) is 0 Å². The second-order valence-corrected chi connectivity index (χ2v) is 4.49. The summed E-state index contributed by atoms with van der Waals surface area (Å²) in [7, 11) is 0. The van der Waals surface area contributed by atoms with Gasteiger partial charge < -0.3 is 5.32 Å². The molecule has 0 spiro atoms. The maximum Gasteiger partial charge on any atom is 0.224 e. The Hall–Kier alpha value is -2.12. The molecule has 0 amide bonds. The second kappa shape index (κ2) is 6.17. The van der Waals surface area contributed by atoms with Crippen molar-refractivity contribution in [3.05, 3.63) is 46.9 Å². The number of halogens is 1. The zero-order valence-corrected chi connectivity index (χ0v) is 11.3. The van der Waals surface area contributed by atoms with Gasteiger partial charge in [0.2, 0.25) is 5.28 Å². The van der Waals surface area contributed by atoms with Gasteiger partial charge in [0.1, 0.15) is 5.82 Å². The number of aromatic nitrogens is 2. The van der Waals surface area contributed by atoms with E-state index < -0.39 is 0 Å². The summed E-state index contributed by atoms with van der Waals surface area (Å²) in [6.45, 7) is 1.92. The molecule has 2 rings (SSSR count). The highest BCUT2D eigenvalue weighted by Crippen LogP contribution is 2.19. The summed E-state index contributed by atoms with van der Waals surface area (Å²) in [4.78, 5) is 8.05. The van der Waals surface area contributed by atoms with Crippen molar-refractivity contribution in [3.63, 3.8) is 0 Å². The van der Waals surface area contributed by atoms with E-state index >= 15 is 0 Å². The Bertz CT molecular complexity index is 602. The van der Waals surface area contributed by atoms with Crippen LogP contribution >= 0.6 is 11.6 Å². The summed E-state index contributed by atoms with van der Waals surface area (Å²) in [5.74, 6) is 0.699. The van der Waals surface area contributed by atoms with Crippen molar-refractivity contribution in [3.8, 4) is 6.07 Å². The molecular formula is C14H13ClN4. The lowest BCUT2D eigenvalue weighted by molar-refractivity contribution is 1.01. The topological polar surface area (TPSA) is 61.6 Å². The molecule has 0 bridgehead atoms. The molecule has 4 nitrogen and oxygen atoms in total. The Morgan fingerprint density at radius 2 is 2.05 bits per heavy atom. The fourth-order valence-electron chi connectivity index (χ4n) is 1.64. The minimum absolute atomic E-state index is 0.221.